The number of ketones is 1. The van der Waals surface area contributed by atoms with Gasteiger partial charge in [0, 0.05) is 24.1 Å². The van der Waals surface area contributed by atoms with E-state index in [9.17, 15) is 50.4 Å². The molecular formula is C14H10F7N3O4. The van der Waals surface area contributed by atoms with Crippen molar-refractivity contribution in [1.29, 1.82) is 0 Å². The summed E-state index contributed by atoms with van der Waals surface area (Å²) < 4.78 is 88.1. The SMILES string of the molecule is CC(CC(=O)C(F)(F)C(F)(F)C(F)(F)F)N=NC(=O)c1ccc([N+](=O)[O-])cc1. The van der Waals surface area contributed by atoms with Crippen LogP contribution in [0, 0.1) is 10.1 Å². The van der Waals surface area contributed by atoms with Crippen LogP contribution in [0.25, 0.3) is 0 Å². The van der Waals surface area contributed by atoms with Crippen molar-refractivity contribution in [2.45, 2.75) is 37.4 Å². The average Bonchev–Trinajstić information content (AvgIpc) is 2.58. The zero-order chi connectivity index (χ0) is 21.9. The molecule has 7 nitrogen and oxygen atoms in total. The summed E-state index contributed by atoms with van der Waals surface area (Å²) in [6.07, 6.45) is -8.20. The summed E-state index contributed by atoms with van der Waals surface area (Å²) >= 11 is 0. The number of amides is 1. The molecule has 0 radical (unpaired) electrons. The number of nitro groups is 1. The van der Waals surface area contributed by atoms with Gasteiger partial charge in [0.1, 0.15) is 0 Å². The van der Waals surface area contributed by atoms with Gasteiger partial charge in [0.2, 0.25) is 5.78 Å². The van der Waals surface area contributed by atoms with E-state index in [4.69, 9.17) is 0 Å². The van der Waals surface area contributed by atoms with Crippen LogP contribution in [0.15, 0.2) is 34.5 Å². The fourth-order valence-corrected chi connectivity index (χ4v) is 1.72. The topological polar surface area (TPSA) is 102 Å². The molecule has 0 bridgehead atoms. The van der Waals surface area contributed by atoms with Crippen molar-refractivity contribution in [3.05, 3.63) is 39.9 Å². The first-order chi connectivity index (χ1) is 12.6. The van der Waals surface area contributed by atoms with Crippen LogP contribution in [0.1, 0.15) is 23.7 Å². The number of alkyl halides is 7. The summed E-state index contributed by atoms with van der Waals surface area (Å²) in [5.41, 5.74) is -0.554. The van der Waals surface area contributed by atoms with E-state index in [-0.39, 0.29) is 11.3 Å². The third-order valence-corrected chi connectivity index (χ3v) is 3.25. The van der Waals surface area contributed by atoms with Crippen molar-refractivity contribution >= 4 is 17.4 Å². The molecule has 1 amide bonds. The zero-order valence-corrected chi connectivity index (χ0v) is 13.7. The normalized spacial score (nSPS) is 14.1. The lowest BCUT2D eigenvalue weighted by Gasteiger charge is -2.27. The number of benzene rings is 1. The Morgan fingerprint density at radius 1 is 1.07 bits per heavy atom. The number of hydrogen-bond acceptors (Lipinski definition) is 5. The molecule has 1 atom stereocenters. The van der Waals surface area contributed by atoms with Crippen molar-refractivity contribution in [3.63, 3.8) is 0 Å². The Morgan fingerprint density at radius 2 is 1.57 bits per heavy atom. The number of nitrogens with zero attached hydrogens (tertiary/aromatic N) is 3. The van der Waals surface area contributed by atoms with Crippen molar-refractivity contribution in [2.75, 3.05) is 0 Å². The van der Waals surface area contributed by atoms with Crippen LogP contribution in [-0.4, -0.2) is 40.7 Å². The quantitative estimate of drug-likeness (QED) is 0.285. The van der Waals surface area contributed by atoms with E-state index in [1.54, 1.807) is 0 Å². The number of halogens is 7. The van der Waals surface area contributed by atoms with E-state index in [2.05, 4.69) is 10.2 Å². The molecule has 0 heterocycles. The van der Waals surface area contributed by atoms with Gasteiger partial charge < -0.3 is 0 Å². The van der Waals surface area contributed by atoms with Gasteiger partial charge in [0.15, 0.2) is 0 Å². The van der Waals surface area contributed by atoms with Gasteiger partial charge in [0.05, 0.1) is 11.0 Å². The molecule has 28 heavy (non-hydrogen) atoms. The predicted molar refractivity (Wildman–Crippen MR) is 77.3 cm³/mol. The lowest BCUT2D eigenvalue weighted by atomic mass is 10.0. The molecule has 0 spiro atoms. The molecule has 1 unspecified atom stereocenters. The second-order valence-corrected chi connectivity index (χ2v) is 5.45. The van der Waals surface area contributed by atoms with Crippen molar-refractivity contribution in [3.8, 4) is 0 Å². The lowest BCUT2D eigenvalue weighted by Crippen LogP contribution is -2.56. The van der Waals surface area contributed by atoms with Crippen molar-refractivity contribution < 1.29 is 45.2 Å². The molecular weight excluding hydrogens is 407 g/mol. The Labute approximate surface area is 151 Å². The van der Waals surface area contributed by atoms with Crippen molar-refractivity contribution in [1.82, 2.24) is 0 Å². The average molecular weight is 417 g/mol. The molecule has 0 fully saturated rings. The van der Waals surface area contributed by atoms with E-state index in [0.29, 0.717) is 0 Å². The minimum Gasteiger partial charge on any atom is -0.293 e. The van der Waals surface area contributed by atoms with Gasteiger partial charge in [-0.05, 0) is 19.1 Å². The van der Waals surface area contributed by atoms with Gasteiger partial charge in [0.25, 0.3) is 11.6 Å². The van der Waals surface area contributed by atoms with Gasteiger partial charge in [-0.15, -0.1) is 5.11 Å². The Kier molecular flexibility index (Phi) is 6.59. The van der Waals surface area contributed by atoms with Gasteiger partial charge in [-0.3, -0.25) is 19.7 Å². The largest absolute Gasteiger partial charge is 0.460 e. The Bertz CT molecular complexity index is 791. The van der Waals surface area contributed by atoms with E-state index in [1.807, 2.05) is 0 Å². The van der Waals surface area contributed by atoms with E-state index < -0.39 is 47.1 Å². The van der Waals surface area contributed by atoms with E-state index >= 15 is 0 Å². The van der Waals surface area contributed by atoms with Crippen LogP contribution in [0.5, 0.6) is 0 Å². The van der Waals surface area contributed by atoms with Gasteiger partial charge in [-0.1, -0.05) is 0 Å². The maximum Gasteiger partial charge on any atom is 0.460 e. The molecule has 0 aliphatic heterocycles. The van der Waals surface area contributed by atoms with Crippen LogP contribution < -0.4 is 0 Å². The Morgan fingerprint density at radius 3 is 2.00 bits per heavy atom. The highest BCUT2D eigenvalue weighted by Gasteiger charge is 2.75. The smallest absolute Gasteiger partial charge is 0.293 e. The number of nitro benzene ring substituents is 1. The summed E-state index contributed by atoms with van der Waals surface area (Å²) in [5, 5.41) is 16.6. The third kappa shape index (κ3) is 4.86. The molecule has 14 heteroatoms. The summed E-state index contributed by atoms with van der Waals surface area (Å²) in [7, 11) is 0. The number of Topliss-reactive ketones (excluding diaryl/α,β-unsaturated/α-hetero) is 1. The second kappa shape index (κ2) is 7.98. The monoisotopic (exact) mass is 417 g/mol. The highest BCUT2D eigenvalue weighted by Crippen LogP contribution is 2.47. The molecule has 0 saturated carbocycles. The standard InChI is InChI=1S/C14H10F7N3O4/c1-7(6-10(25)12(15,16)13(17,18)14(19,20)21)22-23-11(26)8-2-4-9(5-3-8)24(27)28/h2-5,7H,6H2,1H3. The summed E-state index contributed by atoms with van der Waals surface area (Å²) in [6.45, 7) is 0.881. The predicted octanol–water partition coefficient (Wildman–Crippen LogP) is 4.37. The molecule has 0 aromatic heterocycles. The number of rotatable bonds is 7. The highest BCUT2D eigenvalue weighted by molar-refractivity contribution is 5.94. The molecule has 1 rings (SSSR count). The minimum atomic E-state index is -6.65. The number of azo groups is 1. The Balaban J connectivity index is 2.82. The molecule has 1 aromatic rings. The molecule has 0 saturated heterocycles. The molecule has 1 aromatic carbocycles. The van der Waals surface area contributed by atoms with Crippen molar-refractivity contribution in [2.24, 2.45) is 10.2 Å². The number of carbonyl (C=O) groups excluding carboxylic acids is 2. The van der Waals surface area contributed by atoms with Crippen LogP contribution in [0.4, 0.5) is 36.4 Å². The molecule has 0 N–H and O–H groups in total. The van der Waals surface area contributed by atoms with Crippen LogP contribution >= 0.6 is 0 Å². The zero-order valence-electron chi connectivity index (χ0n) is 13.7. The van der Waals surface area contributed by atoms with Gasteiger partial charge >= 0.3 is 18.0 Å². The van der Waals surface area contributed by atoms with E-state index in [0.717, 1.165) is 31.2 Å². The summed E-state index contributed by atoms with van der Waals surface area (Å²) in [4.78, 5) is 32.6. The summed E-state index contributed by atoms with van der Waals surface area (Å²) in [6, 6.07) is 2.27. The van der Waals surface area contributed by atoms with Crippen LogP contribution in [0.2, 0.25) is 0 Å². The molecule has 0 aliphatic rings. The molecule has 0 aliphatic carbocycles. The second-order valence-electron chi connectivity index (χ2n) is 5.45. The number of carbonyl (C=O) groups is 2. The molecule has 154 valence electrons. The highest BCUT2D eigenvalue weighted by atomic mass is 19.4. The van der Waals surface area contributed by atoms with Crippen LogP contribution in [-0.2, 0) is 4.79 Å². The Hall–Kier alpha value is -2.93. The first kappa shape index (κ1) is 23.1. The number of non-ortho nitro benzene ring substituents is 1. The summed E-state index contributed by atoms with van der Waals surface area (Å²) in [5.74, 6) is -16.5. The van der Waals surface area contributed by atoms with Gasteiger partial charge in [-0.25, -0.2) is 0 Å². The maximum atomic E-state index is 13.2. The number of hydrogen-bond donors (Lipinski definition) is 0. The third-order valence-electron chi connectivity index (χ3n) is 3.25. The maximum absolute atomic E-state index is 13.2. The van der Waals surface area contributed by atoms with Gasteiger partial charge in [-0.2, -0.15) is 35.8 Å². The fraction of sp³-hybridized carbons (Fsp3) is 0.429. The first-order valence-corrected chi connectivity index (χ1v) is 7.16. The lowest BCUT2D eigenvalue weighted by molar-refractivity contribution is -0.384. The first-order valence-electron chi connectivity index (χ1n) is 7.16. The minimum absolute atomic E-state index is 0.207. The van der Waals surface area contributed by atoms with Crippen LogP contribution in [0.3, 0.4) is 0 Å². The fourth-order valence-electron chi connectivity index (χ4n) is 1.72. The van der Waals surface area contributed by atoms with E-state index in [1.165, 1.54) is 0 Å².